The van der Waals surface area contributed by atoms with Gasteiger partial charge >= 0.3 is 0 Å². The first kappa shape index (κ1) is 17.2. The van der Waals surface area contributed by atoms with Gasteiger partial charge in [0.2, 0.25) is 0 Å². The average Bonchev–Trinajstić information content (AvgIpc) is 3.12. The molecule has 0 aliphatic rings. The average molecular weight is 373 g/mol. The normalized spacial score (nSPS) is 10.7. The van der Waals surface area contributed by atoms with Gasteiger partial charge in [0.25, 0.3) is 5.91 Å². The second-order valence-electron chi connectivity index (χ2n) is 6.43. The van der Waals surface area contributed by atoms with Crippen LogP contribution in [-0.2, 0) is 0 Å². The summed E-state index contributed by atoms with van der Waals surface area (Å²) >= 11 is 1.67. The van der Waals surface area contributed by atoms with E-state index in [-0.39, 0.29) is 5.91 Å². The van der Waals surface area contributed by atoms with Gasteiger partial charge in [-0.25, -0.2) is 4.98 Å². The van der Waals surface area contributed by atoms with Crippen molar-refractivity contribution in [3.63, 3.8) is 0 Å². The third-order valence-corrected chi connectivity index (χ3v) is 5.40. The maximum Gasteiger partial charge on any atom is 0.257 e. The fourth-order valence-corrected chi connectivity index (χ4v) is 3.92. The molecule has 0 bridgehead atoms. The molecule has 5 heteroatoms. The molecule has 27 heavy (non-hydrogen) atoms. The summed E-state index contributed by atoms with van der Waals surface area (Å²) in [5.41, 5.74) is 4.36. The highest BCUT2D eigenvalue weighted by molar-refractivity contribution is 7.21. The van der Waals surface area contributed by atoms with Crippen molar-refractivity contribution in [2.45, 2.75) is 0 Å². The number of carbonyl (C=O) groups excluding carboxylic acids is 1. The molecule has 0 unspecified atom stereocenters. The fourth-order valence-electron chi connectivity index (χ4n) is 2.95. The van der Waals surface area contributed by atoms with Gasteiger partial charge in [0.15, 0.2) is 0 Å². The van der Waals surface area contributed by atoms with Crippen molar-refractivity contribution in [1.29, 1.82) is 0 Å². The Hall–Kier alpha value is -3.18. The van der Waals surface area contributed by atoms with Crippen LogP contribution in [0.5, 0.6) is 0 Å². The van der Waals surface area contributed by atoms with Crippen molar-refractivity contribution in [2.24, 2.45) is 0 Å². The molecule has 4 aromatic rings. The van der Waals surface area contributed by atoms with Crippen molar-refractivity contribution in [1.82, 2.24) is 4.98 Å². The molecule has 4 rings (SSSR count). The summed E-state index contributed by atoms with van der Waals surface area (Å²) in [4.78, 5) is 19.3. The van der Waals surface area contributed by atoms with E-state index in [1.807, 2.05) is 85.7 Å². The summed E-state index contributed by atoms with van der Waals surface area (Å²) in [5.74, 6) is -0.118. The first-order chi connectivity index (χ1) is 13.1. The standard InChI is InChI=1S/C22H19N3OS/c1-25(2)19-9-5-3-7-17(19)21(26)23-16-13-11-15(12-14-16)22-24-18-8-4-6-10-20(18)27-22/h3-14H,1-2H3,(H,23,26). The Balaban J connectivity index is 1.55. The number of hydrogen-bond acceptors (Lipinski definition) is 4. The molecule has 0 saturated carbocycles. The van der Waals surface area contributed by atoms with Crippen molar-refractivity contribution in [3.8, 4) is 10.6 Å². The number of para-hydroxylation sites is 2. The fraction of sp³-hybridized carbons (Fsp3) is 0.0909. The molecule has 1 aromatic heterocycles. The van der Waals surface area contributed by atoms with E-state index in [0.29, 0.717) is 5.56 Å². The van der Waals surface area contributed by atoms with E-state index in [1.165, 1.54) is 4.70 Å². The van der Waals surface area contributed by atoms with E-state index < -0.39 is 0 Å². The minimum atomic E-state index is -0.118. The minimum Gasteiger partial charge on any atom is -0.377 e. The van der Waals surface area contributed by atoms with Gasteiger partial charge in [-0.3, -0.25) is 4.79 Å². The lowest BCUT2D eigenvalue weighted by atomic mass is 10.1. The second-order valence-corrected chi connectivity index (χ2v) is 7.46. The Bertz CT molecular complexity index is 1070. The minimum absolute atomic E-state index is 0.118. The zero-order valence-electron chi connectivity index (χ0n) is 15.1. The van der Waals surface area contributed by atoms with Gasteiger partial charge in [0.1, 0.15) is 5.01 Å². The number of hydrogen-bond donors (Lipinski definition) is 1. The molecule has 1 amide bonds. The Kier molecular flexibility index (Phi) is 4.60. The third-order valence-electron chi connectivity index (χ3n) is 4.31. The molecule has 0 spiro atoms. The lowest BCUT2D eigenvalue weighted by Crippen LogP contribution is -2.18. The van der Waals surface area contributed by atoms with Crippen LogP contribution < -0.4 is 10.2 Å². The molecule has 0 aliphatic carbocycles. The number of rotatable bonds is 4. The predicted octanol–water partition coefficient (Wildman–Crippen LogP) is 5.28. The smallest absolute Gasteiger partial charge is 0.257 e. The quantitative estimate of drug-likeness (QED) is 0.529. The second kappa shape index (κ2) is 7.21. The van der Waals surface area contributed by atoms with Gasteiger partial charge in [-0.1, -0.05) is 24.3 Å². The van der Waals surface area contributed by atoms with E-state index in [4.69, 9.17) is 0 Å². The number of benzene rings is 3. The molecule has 3 aromatic carbocycles. The van der Waals surface area contributed by atoms with Gasteiger partial charge in [-0.2, -0.15) is 0 Å². The molecule has 0 saturated heterocycles. The van der Waals surface area contributed by atoms with Crippen LogP contribution >= 0.6 is 11.3 Å². The number of thiazole rings is 1. The molecular formula is C22H19N3OS. The van der Waals surface area contributed by atoms with E-state index in [9.17, 15) is 4.79 Å². The number of amides is 1. The molecule has 1 heterocycles. The number of anilines is 2. The van der Waals surface area contributed by atoms with Crippen molar-refractivity contribution >= 4 is 38.8 Å². The van der Waals surface area contributed by atoms with Crippen LogP contribution in [0, 0.1) is 0 Å². The molecule has 0 fully saturated rings. The zero-order valence-corrected chi connectivity index (χ0v) is 16.0. The summed E-state index contributed by atoms with van der Waals surface area (Å²) in [6, 6.07) is 23.5. The number of nitrogens with one attached hydrogen (secondary N) is 1. The van der Waals surface area contributed by atoms with Gasteiger partial charge < -0.3 is 10.2 Å². The number of fused-ring (bicyclic) bond motifs is 1. The Morgan fingerprint density at radius 3 is 2.37 bits per heavy atom. The monoisotopic (exact) mass is 373 g/mol. The van der Waals surface area contributed by atoms with E-state index >= 15 is 0 Å². The molecule has 1 N–H and O–H groups in total. The first-order valence-electron chi connectivity index (χ1n) is 8.65. The van der Waals surface area contributed by atoms with Gasteiger partial charge in [-0.15, -0.1) is 11.3 Å². The summed E-state index contributed by atoms with van der Waals surface area (Å²) in [7, 11) is 3.86. The predicted molar refractivity (Wildman–Crippen MR) is 114 cm³/mol. The maximum absolute atomic E-state index is 12.7. The highest BCUT2D eigenvalue weighted by Crippen LogP contribution is 2.30. The van der Waals surface area contributed by atoms with Gasteiger partial charge in [0.05, 0.1) is 15.8 Å². The van der Waals surface area contributed by atoms with Crippen LogP contribution in [0.15, 0.2) is 72.8 Å². The van der Waals surface area contributed by atoms with Crippen LogP contribution in [0.25, 0.3) is 20.8 Å². The number of aromatic nitrogens is 1. The lowest BCUT2D eigenvalue weighted by Gasteiger charge is -2.17. The Labute approximate surface area is 162 Å². The van der Waals surface area contributed by atoms with Crippen LogP contribution in [0.4, 0.5) is 11.4 Å². The van der Waals surface area contributed by atoms with Crippen LogP contribution in [-0.4, -0.2) is 25.0 Å². The number of nitrogens with zero attached hydrogens (tertiary/aromatic N) is 2. The molecule has 0 atom stereocenters. The van der Waals surface area contributed by atoms with Crippen molar-refractivity contribution < 1.29 is 4.79 Å². The molecule has 4 nitrogen and oxygen atoms in total. The molecular weight excluding hydrogens is 354 g/mol. The number of carbonyl (C=O) groups is 1. The highest BCUT2D eigenvalue weighted by atomic mass is 32.1. The summed E-state index contributed by atoms with van der Waals surface area (Å²) in [6.07, 6.45) is 0. The van der Waals surface area contributed by atoms with Gasteiger partial charge in [-0.05, 0) is 48.5 Å². The lowest BCUT2D eigenvalue weighted by molar-refractivity contribution is 0.102. The molecule has 0 radical (unpaired) electrons. The largest absolute Gasteiger partial charge is 0.377 e. The Morgan fingerprint density at radius 1 is 0.926 bits per heavy atom. The van der Waals surface area contributed by atoms with Crippen LogP contribution in [0.2, 0.25) is 0 Å². The highest BCUT2D eigenvalue weighted by Gasteiger charge is 2.13. The summed E-state index contributed by atoms with van der Waals surface area (Å²) in [5, 5.41) is 3.95. The van der Waals surface area contributed by atoms with E-state index in [0.717, 1.165) is 27.5 Å². The zero-order chi connectivity index (χ0) is 18.8. The van der Waals surface area contributed by atoms with Crippen molar-refractivity contribution in [3.05, 3.63) is 78.4 Å². The summed E-state index contributed by atoms with van der Waals surface area (Å²) < 4.78 is 1.17. The SMILES string of the molecule is CN(C)c1ccccc1C(=O)Nc1ccc(-c2nc3ccccc3s2)cc1. The van der Waals surface area contributed by atoms with E-state index in [2.05, 4.69) is 16.4 Å². The summed E-state index contributed by atoms with van der Waals surface area (Å²) in [6.45, 7) is 0. The maximum atomic E-state index is 12.7. The van der Waals surface area contributed by atoms with Gasteiger partial charge in [0, 0.05) is 31.0 Å². The first-order valence-corrected chi connectivity index (χ1v) is 9.47. The topological polar surface area (TPSA) is 45.2 Å². The van der Waals surface area contributed by atoms with E-state index in [1.54, 1.807) is 11.3 Å². The van der Waals surface area contributed by atoms with Crippen LogP contribution in [0.3, 0.4) is 0 Å². The van der Waals surface area contributed by atoms with Crippen LogP contribution in [0.1, 0.15) is 10.4 Å². The Morgan fingerprint density at radius 2 is 1.63 bits per heavy atom. The molecule has 0 aliphatic heterocycles. The van der Waals surface area contributed by atoms with Crippen molar-refractivity contribution in [2.75, 3.05) is 24.3 Å². The molecule has 134 valence electrons. The third kappa shape index (κ3) is 3.55.